The second-order valence-corrected chi connectivity index (χ2v) is 8.20. The van der Waals surface area contributed by atoms with Crippen LogP contribution in [0.15, 0.2) is 24.3 Å². The Morgan fingerprint density at radius 2 is 1.96 bits per heavy atom. The fraction of sp³-hybridized carbons (Fsp3) is 0.571. The third kappa shape index (κ3) is 4.31. The molecule has 2 aliphatic rings. The molecule has 3 rings (SSSR count). The highest BCUT2D eigenvalue weighted by atomic mass is 16.4. The first kappa shape index (κ1) is 19.4. The highest BCUT2D eigenvalue weighted by Gasteiger charge is 2.44. The first-order chi connectivity index (χ1) is 12.8. The van der Waals surface area contributed by atoms with Gasteiger partial charge in [0.15, 0.2) is 0 Å². The summed E-state index contributed by atoms with van der Waals surface area (Å²) in [6.45, 7) is 4.72. The van der Waals surface area contributed by atoms with E-state index in [-0.39, 0.29) is 18.2 Å². The molecular weight excluding hydrogens is 344 g/mol. The van der Waals surface area contributed by atoms with Crippen LogP contribution < -0.4 is 5.32 Å². The molecular formula is C21H28N2O4. The van der Waals surface area contributed by atoms with Gasteiger partial charge in [-0.2, -0.15) is 0 Å². The van der Waals surface area contributed by atoms with Gasteiger partial charge in [-0.15, -0.1) is 0 Å². The average Bonchev–Trinajstić information content (AvgIpc) is 2.97. The molecule has 1 aromatic carbocycles. The van der Waals surface area contributed by atoms with Crippen molar-refractivity contribution in [3.05, 3.63) is 35.4 Å². The number of carboxylic acids is 1. The smallest absolute Gasteiger partial charge is 0.308 e. The Labute approximate surface area is 159 Å². The maximum Gasteiger partial charge on any atom is 0.308 e. The lowest BCUT2D eigenvalue weighted by Crippen LogP contribution is -2.56. The van der Waals surface area contributed by atoms with Crippen LogP contribution >= 0.6 is 0 Å². The Hall–Kier alpha value is -2.37. The van der Waals surface area contributed by atoms with Gasteiger partial charge in [-0.1, -0.05) is 42.7 Å². The molecule has 1 saturated heterocycles. The number of aliphatic carboxylic acids is 1. The normalized spacial score (nSPS) is 28.2. The molecule has 27 heavy (non-hydrogen) atoms. The number of aryl methyl sites for hydroxylation is 1. The van der Waals surface area contributed by atoms with Gasteiger partial charge in [-0.3, -0.25) is 14.4 Å². The lowest BCUT2D eigenvalue weighted by Gasteiger charge is -2.40. The summed E-state index contributed by atoms with van der Waals surface area (Å²) in [4.78, 5) is 38.5. The van der Waals surface area contributed by atoms with E-state index in [1.54, 1.807) is 4.90 Å². The summed E-state index contributed by atoms with van der Waals surface area (Å²) in [5.41, 5.74) is 1.46. The largest absolute Gasteiger partial charge is 0.481 e. The van der Waals surface area contributed by atoms with Crippen molar-refractivity contribution >= 4 is 17.8 Å². The highest BCUT2D eigenvalue weighted by molar-refractivity contribution is 5.90. The van der Waals surface area contributed by atoms with Crippen LogP contribution in [0, 0.1) is 18.8 Å². The number of carbonyl (C=O) groups is 3. The number of likely N-dealkylation sites (tertiary alicyclic amines) is 1. The zero-order chi connectivity index (χ0) is 19.6. The zero-order valence-corrected chi connectivity index (χ0v) is 16.0. The van der Waals surface area contributed by atoms with Crippen molar-refractivity contribution in [2.75, 3.05) is 6.54 Å². The van der Waals surface area contributed by atoms with Gasteiger partial charge in [0.25, 0.3) is 0 Å². The first-order valence-electron chi connectivity index (χ1n) is 9.66. The molecule has 0 aromatic heterocycles. The summed E-state index contributed by atoms with van der Waals surface area (Å²) >= 11 is 0. The van der Waals surface area contributed by atoms with Crippen molar-refractivity contribution in [1.29, 1.82) is 0 Å². The maximum atomic E-state index is 12.8. The van der Waals surface area contributed by atoms with Crippen LogP contribution in [0.25, 0.3) is 0 Å². The van der Waals surface area contributed by atoms with Crippen LogP contribution in [0.5, 0.6) is 0 Å². The van der Waals surface area contributed by atoms with Crippen molar-refractivity contribution < 1.29 is 19.5 Å². The molecule has 1 aliphatic carbocycles. The van der Waals surface area contributed by atoms with E-state index in [0.717, 1.165) is 24.0 Å². The molecule has 6 heteroatoms. The van der Waals surface area contributed by atoms with Crippen molar-refractivity contribution in [3.63, 3.8) is 0 Å². The lowest BCUT2D eigenvalue weighted by atomic mass is 9.73. The molecule has 6 nitrogen and oxygen atoms in total. The lowest BCUT2D eigenvalue weighted by molar-refractivity contribution is -0.147. The van der Waals surface area contributed by atoms with Gasteiger partial charge >= 0.3 is 5.97 Å². The van der Waals surface area contributed by atoms with Crippen molar-refractivity contribution in [3.8, 4) is 0 Å². The van der Waals surface area contributed by atoms with Gasteiger partial charge in [0.1, 0.15) is 0 Å². The first-order valence-corrected chi connectivity index (χ1v) is 9.66. The average molecular weight is 372 g/mol. The van der Waals surface area contributed by atoms with Gasteiger partial charge in [0.05, 0.1) is 17.4 Å². The molecule has 2 fully saturated rings. The van der Waals surface area contributed by atoms with Crippen LogP contribution in [0.1, 0.15) is 50.2 Å². The molecule has 146 valence electrons. The van der Waals surface area contributed by atoms with Crippen molar-refractivity contribution in [2.45, 2.75) is 58.0 Å². The zero-order valence-electron chi connectivity index (χ0n) is 16.0. The third-order valence-electron chi connectivity index (χ3n) is 5.99. The predicted molar refractivity (Wildman–Crippen MR) is 101 cm³/mol. The summed E-state index contributed by atoms with van der Waals surface area (Å²) in [5, 5.41) is 12.5. The quantitative estimate of drug-likeness (QED) is 0.831. The Morgan fingerprint density at radius 1 is 1.26 bits per heavy atom. The summed E-state index contributed by atoms with van der Waals surface area (Å²) < 4.78 is 0. The minimum absolute atomic E-state index is 0.0284. The summed E-state index contributed by atoms with van der Waals surface area (Å²) in [6.07, 6.45) is 3.20. The van der Waals surface area contributed by atoms with Crippen LogP contribution in [0.2, 0.25) is 0 Å². The van der Waals surface area contributed by atoms with E-state index in [1.165, 1.54) is 0 Å². The number of benzene rings is 1. The number of rotatable bonds is 5. The van der Waals surface area contributed by atoms with Gasteiger partial charge in [0, 0.05) is 19.5 Å². The van der Waals surface area contributed by atoms with Gasteiger partial charge in [-0.25, -0.2) is 0 Å². The Balaban J connectivity index is 1.63. The maximum absolute atomic E-state index is 12.8. The van der Waals surface area contributed by atoms with E-state index in [4.69, 9.17) is 0 Å². The summed E-state index contributed by atoms with van der Waals surface area (Å²) in [7, 11) is 0. The number of carboxylic acid groups (broad SMARTS) is 1. The SMILES string of the molecule is Cc1ccc(CN2CC(C(=O)NC3(C)CCCCC3C(=O)O)CC2=O)cc1. The molecule has 0 bridgehead atoms. The topological polar surface area (TPSA) is 86.7 Å². The molecule has 3 unspecified atom stereocenters. The molecule has 1 aliphatic heterocycles. The summed E-state index contributed by atoms with van der Waals surface area (Å²) in [6, 6.07) is 8.01. The molecule has 0 spiro atoms. The standard InChI is InChI=1S/C21H28N2O4/c1-14-6-8-15(9-7-14)12-23-13-16(11-18(23)24)19(25)22-21(2)10-4-3-5-17(21)20(26)27/h6-9,16-17H,3-5,10-13H2,1-2H3,(H,22,25)(H,26,27). The summed E-state index contributed by atoms with van der Waals surface area (Å²) in [5.74, 6) is -2.09. The van der Waals surface area contributed by atoms with Gasteiger partial charge in [-0.05, 0) is 32.3 Å². The molecule has 1 aromatic rings. The van der Waals surface area contributed by atoms with Crippen LogP contribution in [0.3, 0.4) is 0 Å². The van der Waals surface area contributed by atoms with Crippen LogP contribution in [-0.2, 0) is 20.9 Å². The highest BCUT2D eigenvalue weighted by Crippen LogP contribution is 2.34. The Morgan fingerprint density at radius 3 is 2.63 bits per heavy atom. The van der Waals surface area contributed by atoms with Gasteiger partial charge < -0.3 is 15.3 Å². The molecule has 3 atom stereocenters. The number of carbonyl (C=O) groups excluding carboxylic acids is 2. The minimum atomic E-state index is -0.860. The number of amides is 2. The Bertz CT molecular complexity index is 730. The van der Waals surface area contributed by atoms with E-state index in [0.29, 0.717) is 25.9 Å². The van der Waals surface area contributed by atoms with Gasteiger partial charge in [0.2, 0.25) is 11.8 Å². The van der Waals surface area contributed by atoms with E-state index >= 15 is 0 Å². The number of nitrogens with zero attached hydrogens (tertiary/aromatic N) is 1. The second-order valence-electron chi connectivity index (χ2n) is 8.20. The van der Waals surface area contributed by atoms with E-state index in [2.05, 4.69) is 5.32 Å². The molecule has 1 saturated carbocycles. The molecule has 2 amide bonds. The molecule has 1 heterocycles. The van der Waals surface area contributed by atoms with E-state index in [9.17, 15) is 19.5 Å². The second kappa shape index (κ2) is 7.71. The van der Waals surface area contributed by atoms with Crippen LogP contribution in [-0.4, -0.2) is 39.9 Å². The third-order valence-corrected chi connectivity index (χ3v) is 5.99. The fourth-order valence-corrected chi connectivity index (χ4v) is 4.28. The van der Waals surface area contributed by atoms with E-state index < -0.39 is 23.3 Å². The minimum Gasteiger partial charge on any atom is -0.481 e. The molecule has 0 radical (unpaired) electrons. The number of hydrogen-bond donors (Lipinski definition) is 2. The van der Waals surface area contributed by atoms with E-state index in [1.807, 2.05) is 38.1 Å². The number of hydrogen-bond acceptors (Lipinski definition) is 3. The Kier molecular flexibility index (Phi) is 5.53. The van der Waals surface area contributed by atoms with Crippen molar-refractivity contribution in [2.24, 2.45) is 11.8 Å². The monoisotopic (exact) mass is 372 g/mol. The van der Waals surface area contributed by atoms with Crippen LogP contribution in [0.4, 0.5) is 0 Å². The number of nitrogens with one attached hydrogen (secondary N) is 1. The fourth-order valence-electron chi connectivity index (χ4n) is 4.28. The van der Waals surface area contributed by atoms with Crippen molar-refractivity contribution in [1.82, 2.24) is 10.2 Å². The predicted octanol–water partition coefficient (Wildman–Crippen LogP) is 2.49. The molecule has 2 N–H and O–H groups in total.